The lowest BCUT2D eigenvalue weighted by Gasteiger charge is -2.06. The van der Waals surface area contributed by atoms with Gasteiger partial charge in [-0.15, -0.1) is 0 Å². The molecule has 0 unspecified atom stereocenters. The second-order valence-corrected chi connectivity index (χ2v) is 5.11. The Morgan fingerprint density at radius 2 is 1.89 bits per heavy atom. The van der Waals surface area contributed by atoms with Crippen LogP contribution >= 0.6 is 27.5 Å². The Kier molecular flexibility index (Phi) is 4.39. The zero-order chi connectivity index (χ0) is 13.8. The summed E-state index contributed by atoms with van der Waals surface area (Å²) in [6.45, 7) is 0.376. The van der Waals surface area contributed by atoms with Crippen molar-refractivity contribution < 1.29 is 9.66 Å². The molecule has 0 aliphatic rings. The van der Waals surface area contributed by atoms with Crippen molar-refractivity contribution in [1.29, 1.82) is 0 Å². The average Bonchev–Trinajstić information content (AvgIpc) is 2.37. The van der Waals surface area contributed by atoms with E-state index in [9.17, 15) is 10.1 Å². The summed E-state index contributed by atoms with van der Waals surface area (Å²) in [4.78, 5) is 10.1. The lowest BCUT2D eigenvalue weighted by atomic mass is 10.2. The molecule has 0 aromatic heterocycles. The van der Waals surface area contributed by atoms with E-state index in [0.717, 1.165) is 10.0 Å². The number of benzene rings is 2. The normalized spacial score (nSPS) is 10.2. The maximum atomic E-state index is 10.6. The van der Waals surface area contributed by atoms with Gasteiger partial charge in [-0.1, -0.05) is 39.7 Å². The number of hydrogen-bond acceptors (Lipinski definition) is 3. The summed E-state index contributed by atoms with van der Waals surface area (Å²) in [6.07, 6.45) is 0. The molecule has 0 aliphatic carbocycles. The zero-order valence-corrected chi connectivity index (χ0v) is 12.0. The van der Waals surface area contributed by atoms with Gasteiger partial charge >= 0.3 is 0 Å². The molecule has 0 atom stereocenters. The molecule has 98 valence electrons. The van der Waals surface area contributed by atoms with Crippen LogP contribution < -0.4 is 4.74 Å². The third-order valence-corrected chi connectivity index (χ3v) is 3.27. The monoisotopic (exact) mass is 341 g/mol. The van der Waals surface area contributed by atoms with Crippen LogP contribution in [0.15, 0.2) is 46.9 Å². The van der Waals surface area contributed by atoms with E-state index in [1.54, 1.807) is 0 Å². The van der Waals surface area contributed by atoms with E-state index >= 15 is 0 Å². The summed E-state index contributed by atoms with van der Waals surface area (Å²) in [5.74, 6) is 0.499. The second-order valence-electron chi connectivity index (χ2n) is 3.79. The van der Waals surface area contributed by atoms with Gasteiger partial charge in [0.25, 0.3) is 5.69 Å². The van der Waals surface area contributed by atoms with Gasteiger partial charge in [0.05, 0.1) is 4.92 Å². The number of hydrogen-bond donors (Lipinski definition) is 0. The first-order valence-electron chi connectivity index (χ1n) is 5.37. The summed E-state index contributed by atoms with van der Waals surface area (Å²) in [5, 5.41) is 10.7. The van der Waals surface area contributed by atoms with E-state index in [1.165, 1.54) is 18.2 Å². The standard InChI is InChI=1S/C13H9BrClNO3/c14-10-3-1-9(2-4-10)8-19-11-5-6-13(16(17)18)12(15)7-11/h1-7H,8H2. The van der Waals surface area contributed by atoms with Crippen molar-refractivity contribution in [3.8, 4) is 5.75 Å². The minimum atomic E-state index is -0.527. The number of rotatable bonds is 4. The molecule has 0 heterocycles. The number of nitro benzene ring substituents is 1. The van der Waals surface area contributed by atoms with Gasteiger partial charge in [0.1, 0.15) is 17.4 Å². The first kappa shape index (κ1) is 13.8. The maximum Gasteiger partial charge on any atom is 0.288 e. The molecular weight excluding hydrogens is 334 g/mol. The Hall–Kier alpha value is -1.59. The Morgan fingerprint density at radius 1 is 1.21 bits per heavy atom. The van der Waals surface area contributed by atoms with Crippen LogP contribution in [0.2, 0.25) is 5.02 Å². The van der Waals surface area contributed by atoms with E-state index in [1.807, 2.05) is 24.3 Å². The molecule has 0 saturated heterocycles. The summed E-state index contributed by atoms with van der Waals surface area (Å²) >= 11 is 9.15. The molecule has 6 heteroatoms. The van der Waals surface area contributed by atoms with Crippen LogP contribution in [0.3, 0.4) is 0 Å². The van der Waals surface area contributed by atoms with Gasteiger partial charge in [-0.3, -0.25) is 10.1 Å². The number of nitrogens with zero attached hydrogens (tertiary/aromatic N) is 1. The highest BCUT2D eigenvalue weighted by Crippen LogP contribution is 2.28. The van der Waals surface area contributed by atoms with Crippen molar-refractivity contribution in [3.63, 3.8) is 0 Å². The van der Waals surface area contributed by atoms with Crippen molar-refractivity contribution in [2.24, 2.45) is 0 Å². The van der Waals surface area contributed by atoms with Gasteiger partial charge in [0.2, 0.25) is 0 Å². The molecule has 0 aliphatic heterocycles. The van der Waals surface area contributed by atoms with E-state index in [-0.39, 0.29) is 10.7 Å². The largest absolute Gasteiger partial charge is 0.489 e. The Bertz CT molecular complexity index is 601. The predicted molar refractivity (Wildman–Crippen MR) is 76.6 cm³/mol. The highest BCUT2D eigenvalue weighted by Gasteiger charge is 2.12. The highest BCUT2D eigenvalue weighted by atomic mass is 79.9. The molecule has 0 bridgehead atoms. The molecule has 0 radical (unpaired) electrons. The van der Waals surface area contributed by atoms with Crippen molar-refractivity contribution >= 4 is 33.2 Å². The Balaban J connectivity index is 2.06. The van der Waals surface area contributed by atoms with E-state index in [4.69, 9.17) is 16.3 Å². The lowest BCUT2D eigenvalue weighted by molar-refractivity contribution is -0.384. The molecule has 2 rings (SSSR count). The van der Waals surface area contributed by atoms with Crippen LogP contribution in [0.5, 0.6) is 5.75 Å². The highest BCUT2D eigenvalue weighted by molar-refractivity contribution is 9.10. The van der Waals surface area contributed by atoms with Gasteiger partial charge in [-0.2, -0.15) is 0 Å². The molecule has 4 nitrogen and oxygen atoms in total. The molecule has 0 saturated carbocycles. The molecule has 0 amide bonds. The van der Waals surface area contributed by atoms with Crippen LogP contribution in [-0.2, 0) is 6.61 Å². The number of halogens is 2. The first-order chi connectivity index (χ1) is 9.06. The van der Waals surface area contributed by atoms with Gasteiger partial charge in [-0.05, 0) is 23.8 Å². The Morgan fingerprint density at radius 3 is 2.47 bits per heavy atom. The van der Waals surface area contributed by atoms with Crippen LogP contribution in [-0.4, -0.2) is 4.92 Å². The minimum Gasteiger partial charge on any atom is -0.489 e. The molecule has 19 heavy (non-hydrogen) atoms. The lowest BCUT2D eigenvalue weighted by Crippen LogP contribution is -1.96. The maximum absolute atomic E-state index is 10.6. The third-order valence-electron chi connectivity index (χ3n) is 2.43. The summed E-state index contributed by atoms with van der Waals surface area (Å²) < 4.78 is 6.52. The van der Waals surface area contributed by atoms with E-state index < -0.39 is 4.92 Å². The smallest absolute Gasteiger partial charge is 0.288 e. The molecule has 2 aromatic rings. The summed E-state index contributed by atoms with van der Waals surface area (Å²) in [5.41, 5.74) is 0.871. The first-order valence-corrected chi connectivity index (χ1v) is 6.54. The number of ether oxygens (including phenoxy) is 1. The SMILES string of the molecule is O=[N+]([O-])c1ccc(OCc2ccc(Br)cc2)cc1Cl. The van der Waals surface area contributed by atoms with Crippen LogP contribution in [0.1, 0.15) is 5.56 Å². The van der Waals surface area contributed by atoms with Crippen LogP contribution in [0.25, 0.3) is 0 Å². The van der Waals surface area contributed by atoms with Gasteiger partial charge in [-0.25, -0.2) is 0 Å². The molecule has 0 spiro atoms. The molecular formula is C13H9BrClNO3. The van der Waals surface area contributed by atoms with Crippen LogP contribution in [0.4, 0.5) is 5.69 Å². The van der Waals surface area contributed by atoms with Crippen molar-refractivity contribution in [2.45, 2.75) is 6.61 Å². The quantitative estimate of drug-likeness (QED) is 0.603. The fraction of sp³-hybridized carbons (Fsp3) is 0.0769. The Labute approximate surface area is 123 Å². The predicted octanol–water partition coefficient (Wildman–Crippen LogP) is 4.59. The summed E-state index contributed by atoms with van der Waals surface area (Å²) in [6, 6.07) is 12.0. The van der Waals surface area contributed by atoms with Crippen molar-refractivity contribution in [2.75, 3.05) is 0 Å². The fourth-order valence-electron chi connectivity index (χ4n) is 1.47. The zero-order valence-electron chi connectivity index (χ0n) is 9.68. The van der Waals surface area contributed by atoms with Crippen LogP contribution in [0, 0.1) is 10.1 Å². The third kappa shape index (κ3) is 3.68. The molecule has 2 aromatic carbocycles. The minimum absolute atomic E-state index is 0.0679. The van der Waals surface area contributed by atoms with Crippen molar-refractivity contribution in [1.82, 2.24) is 0 Å². The number of nitro groups is 1. The van der Waals surface area contributed by atoms with Gasteiger partial charge in [0, 0.05) is 16.6 Å². The molecule has 0 fully saturated rings. The second kappa shape index (κ2) is 6.04. The topological polar surface area (TPSA) is 52.4 Å². The van der Waals surface area contributed by atoms with E-state index in [2.05, 4.69) is 15.9 Å². The van der Waals surface area contributed by atoms with Crippen molar-refractivity contribution in [3.05, 3.63) is 67.6 Å². The van der Waals surface area contributed by atoms with Gasteiger partial charge in [0.15, 0.2) is 0 Å². The fourth-order valence-corrected chi connectivity index (χ4v) is 1.98. The molecule has 0 N–H and O–H groups in total. The average molecular weight is 343 g/mol. The summed E-state index contributed by atoms with van der Waals surface area (Å²) in [7, 11) is 0. The van der Waals surface area contributed by atoms with Gasteiger partial charge < -0.3 is 4.74 Å². The van der Waals surface area contributed by atoms with E-state index in [0.29, 0.717) is 12.4 Å².